The standard InChI is InChI=1S/C16H17F2N3O3/c17-11-2-1-10(7-12(11)18)21-14(22)8-13(16(21)24)20-5-3-9(4-6-20)15(19)23/h1-2,7,9,13H,3-6,8H2,(H2,19,23)/t13-/m0/s1. The van der Waals surface area contributed by atoms with Crippen LogP contribution in [-0.2, 0) is 14.4 Å². The summed E-state index contributed by atoms with van der Waals surface area (Å²) in [7, 11) is 0. The lowest BCUT2D eigenvalue weighted by Crippen LogP contribution is -2.47. The number of imide groups is 1. The van der Waals surface area contributed by atoms with E-state index in [1.54, 1.807) is 0 Å². The third kappa shape index (κ3) is 2.89. The van der Waals surface area contributed by atoms with Crippen LogP contribution in [0.5, 0.6) is 0 Å². The maximum absolute atomic E-state index is 13.4. The molecule has 2 N–H and O–H groups in total. The number of primary amides is 1. The number of halogens is 2. The molecule has 0 aromatic heterocycles. The zero-order valence-corrected chi connectivity index (χ0v) is 12.9. The highest BCUT2D eigenvalue weighted by molar-refractivity contribution is 6.22. The Morgan fingerprint density at radius 3 is 2.38 bits per heavy atom. The van der Waals surface area contributed by atoms with Crippen molar-refractivity contribution < 1.29 is 23.2 Å². The van der Waals surface area contributed by atoms with Crippen molar-refractivity contribution in [2.45, 2.75) is 25.3 Å². The summed E-state index contributed by atoms with van der Waals surface area (Å²) in [5.41, 5.74) is 5.31. The number of likely N-dealkylation sites (tertiary alicyclic amines) is 1. The van der Waals surface area contributed by atoms with Gasteiger partial charge in [0, 0.05) is 12.0 Å². The molecule has 1 aromatic carbocycles. The lowest BCUT2D eigenvalue weighted by atomic mass is 9.95. The van der Waals surface area contributed by atoms with Crippen molar-refractivity contribution in [3.05, 3.63) is 29.8 Å². The number of amides is 3. The Labute approximate surface area is 137 Å². The summed E-state index contributed by atoms with van der Waals surface area (Å²) < 4.78 is 26.4. The number of hydrogen-bond acceptors (Lipinski definition) is 4. The third-order valence-electron chi connectivity index (χ3n) is 4.66. The SMILES string of the molecule is NC(=O)C1CCN([C@H]2CC(=O)N(c3ccc(F)c(F)c3)C2=O)CC1. The topological polar surface area (TPSA) is 83.7 Å². The molecule has 3 amide bonds. The second kappa shape index (κ2) is 6.27. The molecule has 1 aromatic rings. The minimum absolute atomic E-state index is 0.0148. The number of nitrogens with two attached hydrogens (primary N) is 1. The number of anilines is 1. The van der Waals surface area contributed by atoms with E-state index in [0.29, 0.717) is 25.9 Å². The Morgan fingerprint density at radius 1 is 1.12 bits per heavy atom. The van der Waals surface area contributed by atoms with Crippen molar-refractivity contribution in [1.82, 2.24) is 4.90 Å². The summed E-state index contributed by atoms with van der Waals surface area (Å²) >= 11 is 0. The van der Waals surface area contributed by atoms with Crippen molar-refractivity contribution in [3.8, 4) is 0 Å². The van der Waals surface area contributed by atoms with Crippen molar-refractivity contribution in [1.29, 1.82) is 0 Å². The van der Waals surface area contributed by atoms with E-state index >= 15 is 0 Å². The average Bonchev–Trinajstić information content (AvgIpc) is 2.85. The van der Waals surface area contributed by atoms with Gasteiger partial charge in [0.05, 0.1) is 18.2 Å². The van der Waals surface area contributed by atoms with Gasteiger partial charge in [-0.05, 0) is 38.1 Å². The molecule has 0 aliphatic carbocycles. The van der Waals surface area contributed by atoms with E-state index in [0.717, 1.165) is 17.0 Å². The first kappa shape index (κ1) is 16.5. The lowest BCUT2D eigenvalue weighted by molar-refractivity contribution is -0.124. The minimum Gasteiger partial charge on any atom is -0.369 e. The Hall–Kier alpha value is -2.35. The second-order valence-corrected chi connectivity index (χ2v) is 6.10. The molecule has 0 unspecified atom stereocenters. The van der Waals surface area contributed by atoms with Gasteiger partial charge in [-0.3, -0.25) is 19.3 Å². The highest BCUT2D eigenvalue weighted by Crippen LogP contribution is 2.29. The zero-order chi connectivity index (χ0) is 17.4. The maximum Gasteiger partial charge on any atom is 0.251 e. The van der Waals surface area contributed by atoms with Crippen LogP contribution in [0.25, 0.3) is 0 Å². The van der Waals surface area contributed by atoms with Crippen LogP contribution in [0.1, 0.15) is 19.3 Å². The van der Waals surface area contributed by atoms with Gasteiger partial charge in [0.2, 0.25) is 11.8 Å². The fourth-order valence-electron chi connectivity index (χ4n) is 3.29. The smallest absolute Gasteiger partial charge is 0.251 e. The minimum atomic E-state index is -1.11. The fourth-order valence-corrected chi connectivity index (χ4v) is 3.29. The first-order chi connectivity index (χ1) is 11.4. The molecule has 0 bridgehead atoms. The van der Waals surface area contributed by atoms with Gasteiger partial charge < -0.3 is 5.73 Å². The molecule has 2 saturated heterocycles. The Kier molecular flexibility index (Phi) is 4.31. The molecular formula is C16H17F2N3O3. The van der Waals surface area contributed by atoms with Gasteiger partial charge in [0.25, 0.3) is 5.91 Å². The molecule has 24 heavy (non-hydrogen) atoms. The molecule has 3 rings (SSSR count). The van der Waals surface area contributed by atoms with Crippen molar-refractivity contribution >= 4 is 23.4 Å². The van der Waals surface area contributed by atoms with Crippen LogP contribution in [-0.4, -0.2) is 41.8 Å². The number of piperidine rings is 1. The molecule has 6 nitrogen and oxygen atoms in total. The summed E-state index contributed by atoms with van der Waals surface area (Å²) in [6.07, 6.45) is 1.07. The molecule has 2 aliphatic heterocycles. The average molecular weight is 337 g/mol. The Morgan fingerprint density at radius 2 is 1.79 bits per heavy atom. The Balaban J connectivity index is 1.75. The molecule has 2 heterocycles. The first-order valence-corrected chi connectivity index (χ1v) is 7.73. The van der Waals surface area contributed by atoms with Gasteiger partial charge in [0.15, 0.2) is 11.6 Å². The summed E-state index contributed by atoms with van der Waals surface area (Å²) in [6.45, 7) is 0.978. The van der Waals surface area contributed by atoms with Crippen LogP contribution in [0, 0.1) is 17.6 Å². The molecule has 2 fully saturated rings. The van der Waals surface area contributed by atoms with Crippen molar-refractivity contribution in [2.24, 2.45) is 11.7 Å². The van der Waals surface area contributed by atoms with Crippen molar-refractivity contribution in [2.75, 3.05) is 18.0 Å². The lowest BCUT2D eigenvalue weighted by Gasteiger charge is -2.33. The monoisotopic (exact) mass is 337 g/mol. The molecule has 128 valence electrons. The van der Waals surface area contributed by atoms with Gasteiger partial charge in [-0.15, -0.1) is 0 Å². The van der Waals surface area contributed by atoms with Crippen LogP contribution in [0.2, 0.25) is 0 Å². The predicted molar refractivity (Wildman–Crippen MR) is 80.7 cm³/mol. The molecule has 0 spiro atoms. The number of carbonyl (C=O) groups is 3. The number of rotatable bonds is 3. The number of nitrogens with zero attached hydrogens (tertiary/aromatic N) is 2. The van der Waals surface area contributed by atoms with Crippen LogP contribution in [0.4, 0.5) is 14.5 Å². The van der Waals surface area contributed by atoms with E-state index in [2.05, 4.69) is 0 Å². The van der Waals surface area contributed by atoms with E-state index in [1.165, 1.54) is 6.07 Å². The third-order valence-corrected chi connectivity index (χ3v) is 4.66. The second-order valence-electron chi connectivity index (χ2n) is 6.10. The number of hydrogen-bond donors (Lipinski definition) is 1. The molecular weight excluding hydrogens is 320 g/mol. The molecule has 0 saturated carbocycles. The molecule has 2 aliphatic rings. The van der Waals surface area contributed by atoms with Gasteiger partial charge >= 0.3 is 0 Å². The normalized spacial score (nSPS) is 23.1. The molecule has 8 heteroatoms. The highest BCUT2D eigenvalue weighted by Gasteiger charge is 2.43. The quantitative estimate of drug-likeness (QED) is 0.827. The van der Waals surface area contributed by atoms with E-state index in [4.69, 9.17) is 5.73 Å². The number of benzene rings is 1. The van der Waals surface area contributed by atoms with Gasteiger partial charge in [-0.1, -0.05) is 0 Å². The molecule has 1 atom stereocenters. The van der Waals surface area contributed by atoms with Crippen LogP contribution >= 0.6 is 0 Å². The fraction of sp³-hybridized carbons (Fsp3) is 0.438. The van der Waals surface area contributed by atoms with E-state index < -0.39 is 29.5 Å². The Bertz CT molecular complexity index is 702. The van der Waals surface area contributed by atoms with Gasteiger partial charge in [-0.2, -0.15) is 0 Å². The van der Waals surface area contributed by atoms with E-state index in [-0.39, 0.29) is 23.9 Å². The zero-order valence-electron chi connectivity index (χ0n) is 12.9. The van der Waals surface area contributed by atoms with Crippen LogP contribution in [0.3, 0.4) is 0 Å². The summed E-state index contributed by atoms with van der Waals surface area (Å²) in [5, 5.41) is 0. The summed E-state index contributed by atoms with van der Waals surface area (Å²) in [6, 6.07) is 2.29. The van der Waals surface area contributed by atoms with Gasteiger partial charge in [0.1, 0.15) is 0 Å². The maximum atomic E-state index is 13.4. The van der Waals surface area contributed by atoms with E-state index in [1.807, 2.05) is 4.90 Å². The summed E-state index contributed by atoms with van der Waals surface area (Å²) in [5.74, 6) is -3.62. The van der Waals surface area contributed by atoms with E-state index in [9.17, 15) is 23.2 Å². The van der Waals surface area contributed by atoms with Crippen molar-refractivity contribution in [3.63, 3.8) is 0 Å². The van der Waals surface area contributed by atoms with Crippen LogP contribution < -0.4 is 10.6 Å². The van der Waals surface area contributed by atoms with Gasteiger partial charge in [-0.25, -0.2) is 13.7 Å². The number of carbonyl (C=O) groups excluding carboxylic acids is 3. The van der Waals surface area contributed by atoms with Crippen LogP contribution in [0.15, 0.2) is 18.2 Å². The molecule has 0 radical (unpaired) electrons. The predicted octanol–water partition coefficient (Wildman–Crippen LogP) is 0.794. The summed E-state index contributed by atoms with van der Waals surface area (Å²) in [4.78, 5) is 38.7. The first-order valence-electron chi connectivity index (χ1n) is 7.73. The largest absolute Gasteiger partial charge is 0.369 e. The highest BCUT2D eigenvalue weighted by atomic mass is 19.2.